The van der Waals surface area contributed by atoms with Gasteiger partial charge in [0.2, 0.25) is 10.9 Å². The molecule has 0 aliphatic heterocycles. The van der Waals surface area contributed by atoms with Crippen LogP contribution in [0.3, 0.4) is 0 Å². The van der Waals surface area contributed by atoms with Gasteiger partial charge in [0.1, 0.15) is 5.75 Å². The van der Waals surface area contributed by atoms with E-state index in [1.165, 1.54) is 11.3 Å². The van der Waals surface area contributed by atoms with Crippen LogP contribution in [0.4, 0.5) is 5.95 Å². The number of fused-ring (bicyclic) bond motifs is 1. The van der Waals surface area contributed by atoms with Gasteiger partial charge in [-0.15, -0.1) is 16.4 Å². The molecule has 2 aromatic carbocycles. The van der Waals surface area contributed by atoms with Crippen LogP contribution in [0.15, 0.2) is 60.0 Å². The van der Waals surface area contributed by atoms with Gasteiger partial charge >= 0.3 is 0 Å². The molecule has 0 spiro atoms. The summed E-state index contributed by atoms with van der Waals surface area (Å²) in [7, 11) is 1.61. The zero-order valence-electron chi connectivity index (χ0n) is 15.5. The quantitative estimate of drug-likeness (QED) is 0.512. The highest BCUT2D eigenvalue weighted by molar-refractivity contribution is 7.15. The van der Waals surface area contributed by atoms with Gasteiger partial charge in [-0.1, -0.05) is 30.3 Å². The van der Waals surface area contributed by atoms with Crippen molar-refractivity contribution in [3.05, 3.63) is 65.5 Å². The van der Waals surface area contributed by atoms with Gasteiger partial charge in [-0.25, -0.2) is 4.52 Å². The van der Waals surface area contributed by atoms with E-state index in [0.29, 0.717) is 10.5 Å². The van der Waals surface area contributed by atoms with Crippen molar-refractivity contribution in [2.75, 3.05) is 19.0 Å². The van der Waals surface area contributed by atoms with Crippen molar-refractivity contribution < 1.29 is 14.3 Å². The second kappa shape index (κ2) is 8.11. The molecule has 0 aliphatic carbocycles. The number of ether oxygens (including phenoxy) is 1. The number of thiazole rings is 1. The Bertz CT molecular complexity index is 1170. The highest BCUT2D eigenvalue weighted by atomic mass is 32.1. The Morgan fingerprint density at radius 3 is 2.76 bits per heavy atom. The largest absolute Gasteiger partial charge is 0.497 e. The lowest BCUT2D eigenvalue weighted by molar-refractivity contribution is -0.115. The molecule has 0 unspecified atom stereocenters. The summed E-state index contributed by atoms with van der Waals surface area (Å²) in [4.78, 5) is 29.1. The summed E-state index contributed by atoms with van der Waals surface area (Å²) in [6.07, 6.45) is 0. The number of nitrogens with one attached hydrogen (secondary N) is 2. The van der Waals surface area contributed by atoms with Crippen LogP contribution in [0.1, 0.15) is 10.4 Å². The number of aromatic nitrogens is 3. The number of benzene rings is 2. The summed E-state index contributed by atoms with van der Waals surface area (Å²) < 4.78 is 6.93. The summed E-state index contributed by atoms with van der Waals surface area (Å²) in [5, 5.41) is 11.5. The Morgan fingerprint density at radius 2 is 1.97 bits per heavy atom. The van der Waals surface area contributed by atoms with E-state index < -0.39 is 5.91 Å². The van der Waals surface area contributed by atoms with E-state index in [2.05, 4.69) is 20.7 Å². The number of carbonyl (C=O) groups is 2. The van der Waals surface area contributed by atoms with Crippen molar-refractivity contribution >= 4 is 34.1 Å². The molecule has 9 heteroatoms. The summed E-state index contributed by atoms with van der Waals surface area (Å²) >= 11 is 1.41. The first-order valence-electron chi connectivity index (χ1n) is 8.76. The number of carbonyl (C=O) groups excluding carboxylic acids is 2. The number of rotatable bonds is 6. The van der Waals surface area contributed by atoms with Crippen LogP contribution >= 0.6 is 11.3 Å². The maximum absolute atomic E-state index is 12.2. The van der Waals surface area contributed by atoms with Gasteiger partial charge in [-0.2, -0.15) is 4.98 Å². The van der Waals surface area contributed by atoms with Gasteiger partial charge in [0.15, 0.2) is 0 Å². The Kier molecular flexibility index (Phi) is 5.21. The van der Waals surface area contributed by atoms with Gasteiger partial charge in [-0.3, -0.25) is 14.9 Å². The number of methoxy groups -OCH3 is 1. The Morgan fingerprint density at radius 1 is 1.14 bits per heavy atom. The van der Waals surface area contributed by atoms with Crippen molar-refractivity contribution in [3.63, 3.8) is 0 Å². The maximum atomic E-state index is 12.2. The highest BCUT2D eigenvalue weighted by Gasteiger charge is 2.14. The van der Waals surface area contributed by atoms with Gasteiger partial charge in [0.25, 0.3) is 11.9 Å². The fourth-order valence-electron chi connectivity index (χ4n) is 2.74. The second-order valence-electron chi connectivity index (χ2n) is 6.08. The molecule has 2 amide bonds. The van der Waals surface area contributed by atoms with E-state index >= 15 is 0 Å². The van der Waals surface area contributed by atoms with Crippen molar-refractivity contribution in [2.45, 2.75) is 0 Å². The molecule has 2 N–H and O–H groups in total. The van der Waals surface area contributed by atoms with Crippen LogP contribution in [0.5, 0.6) is 5.75 Å². The molecule has 0 saturated carbocycles. The SMILES string of the molecule is COc1cccc(-c2csc3nc(NC(=O)CNC(=O)c4ccccc4)nn23)c1. The minimum Gasteiger partial charge on any atom is -0.497 e. The van der Waals surface area contributed by atoms with E-state index in [-0.39, 0.29) is 18.4 Å². The molecule has 8 nitrogen and oxygen atoms in total. The van der Waals surface area contributed by atoms with Crippen LogP contribution in [0.25, 0.3) is 16.2 Å². The molecular formula is C20H17N5O3S. The molecular weight excluding hydrogens is 390 g/mol. The fourth-order valence-corrected chi connectivity index (χ4v) is 3.57. The molecule has 2 aromatic heterocycles. The van der Waals surface area contributed by atoms with Crippen molar-refractivity contribution in [2.24, 2.45) is 0 Å². The van der Waals surface area contributed by atoms with Crippen molar-refractivity contribution in [1.29, 1.82) is 0 Å². The van der Waals surface area contributed by atoms with Gasteiger partial charge < -0.3 is 10.1 Å². The van der Waals surface area contributed by atoms with E-state index in [0.717, 1.165) is 17.0 Å². The first-order chi connectivity index (χ1) is 14.1. The lowest BCUT2D eigenvalue weighted by Gasteiger charge is -2.04. The van der Waals surface area contributed by atoms with Crippen molar-refractivity contribution in [1.82, 2.24) is 19.9 Å². The second-order valence-corrected chi connectivity index (χ2v) is 6.92. The predicted molar refractivity (Wildman–Crippen MR) is 110 cm³/mol. The number of hydrogen-bond acceptors (Lipinski definition) is 6. The van der Waals surface area contributed by atoms with Crippen LogP contribution in [0, 0.1) is 0 Å². The molecule has 29 heavy (non-hydrogen) atoms. The summed E-state index contributed by atoms with van der Waals surface area (Å²) in [5.74, 6) is 0.194. The van der Waals surface area contributed by atoms with Crippen molar-refractivity contribution in [3.8, 4) is 17.0 Å². The Labute approximate surface area is 170 Å². The number of amides is 2. The monoisotopic (exact) mass is 407 g/mol. The zero-order valence-corrected chi connectivity index (χ0v) is 16.3. The predicted octanol–water partition coefficient (Wildman–Crippen LogP) is 2.83. The summed E-state index contributed by atoms with van der Waals surface area (Å²) in [5.41, 5.74) is 2.26. The molecule has 0 saturated heterocycles. The van der Waals surface area contributed by atoms with Crippen LogP contribution in [-0.2, 0) is 4.79 Å². The molecule has 2 heterocycles. The molecule has 0 bridgehead atoms. The highest BCUT2D eigenvalue weighted by Crippen LogP contribution is 2.28. The Balaban J connectivity index is 1.44. The zero-order chi connectivity index (χ0) is 20.2. The smallest absolute Gasteiger partial charge is 0.251 e. The van der Waals surface area contributed by atoms with Crippen LogP contribution < -0.4 is 15.4 Å². The number of hydrogen-bond donors (Lipinski definition) is 2. The number of nitrogens with zero attached hydrogens (tertiary/aromatic N) is 3. The third kappa shape index (κ3) is 4.09. The standard InChI is InChI=1S/C20H17N5O3S/c1-28-15-9-5-8-14(10-15)16-12-29-20-23-19(24-25(16)20)22-17(26)11-21-18(27)13-6-3-2-4-7-13/h2-10,12H,11H2,1H3,(H,21,27)(H,22,24,26). The molecule has 4 aromatic rings. The molecule has 146 valence electrons. The fraction of sp³-hybridized carbons (Fsp3) is 0.100. The van der Waals surface area contributed by atoms with E-state index in [9.17, 15) is 9.59 Å². The maximum Gasteiger partial charge on any atom is 0.251 e. The third-order valence-corrected chi connectivity index (χ3v) is 4.96. The lowest BCUT2D eigenvalue weighted by Crippen LogP contribution is -2.33. The van der Waals surface area contributed by atoms with Crippen LogP contribution in [0.2, 0.25) is 0 Å². The van der Waals surface area contributed by atoms with E-state index in [4.69, 9.17) is 4.74 Å². The Hall–Kier alpha value is -3.72. The molecule has 0 atom stereocenters. The van der Waals surface area contributed by atoms with Gasteiger partial charge in [-0.05, 0) is 24.3 Å². The van der Waals surface area contributed by atoms with E-state index in [1.807, 2.05) is 35.7 Å². The first kappa shape index (κ1) is 18.6. The summed E-state index contributed by atoms with van der Waals surface area (Å²) in [6.45, 7) is -0.177. The molecule has 0 radical (unpaired) electrons. The first-order valence-corrected chi connectivity index (χ1v) is 9.64. The number of anilines is 1. The normalized spacial score (nSPS) is 10.7. The third-order valence-electron chi connectivity index (χ3n) is 4.14. The average molecular weight is 407 g/mol. The molecule has 4 rings (SSSR count). The average Bonchev–Trinajstić information content (AvgIpc) is 3.32. The molecule has 0 fully saturated rings. The topological polar surface area (TPSA) is 97.6 Å². The van der Waals surface area contributed by atoms with Gasteiger partial charge in [0.05, 0.1) is 19.3 Å². The minimum absolute atomic E-state index is 0.177. The molecule has 0 aliphatic rings. The van der Waals surface area contributed by atoms with Gasteiger partial charge in [0, 0.05) is 16.5 Å². The minimum atomic E-state index is -0.407. The van der Waals surface area contributed by atoms with E-state index in [1.54, 1.807) is 35.9 Å². The van der Waals surface area contributed by atoms with Crippen LogP contribution in [-0.4, -0.2) is 40.1 Å². The lowest BCUT2D eigenvalue weighted by atomic mass is 10.2. The summed E-state index contributed by atoms with van der Waals surface area (Å²) in [6, 6.07) is 16.3.